The van der Waals surface area contributed by atoms with Gasteiger partial charge in [-0.1, -0.05) is 5.16 Å². The molecular weight excluding hydrogens is 364 g/mol. The number of piperidine rings is 1. The van der Waals surface area contributed by atoms with Crippen molar-refractivity contribution < 1.29 is 14.2 Å². The third-order valence-electron chi connectivity index (χ3n) is 5.90. The fourth-order valence-corrected chi connectivity index (χ4v) is 4.53. The van der Waals surface area contributed by atoms with Crippen molar-refractivity contribution in [1.82, 2.24) is 14.6 Å². The molecule has 2 aromatic rings. The highest BCUT2D eigenvalue weighted by molar-refractivity contribution is 5.76. The second-order valence-electron chi connectivity index (χ2n) is 7.72. The maximum absolute atomic E-state index is 12.8. The van der Waals surface area contributed by atoms with Crippen LogP contribution in [0.3, 0.4) is 0 Å². The minimum absolute atomic E-state index is 0.0315. The van der Waals surface area contributed by atoms with Crippen LogP contribution in [0.2, 0.25) is 0 Å². The molecule has 0 N–H and O–H groups in total. The highest BCUT2D eigenvalue weighted by Gasteiger charge is 2.37. The molecule has 4 rings (SSSR count). The van der Waals surface area contributed by atoms with E-state index in [2.05, 4.69) is 5.16 Å². The van der Waals surface area contributed by atoms with Crippen LogP contribution in [-0.2, 0) is 17.8 Å². The van der Waals surface area contributed by atoms with Gasteiger partial charge in [0.1, 0.15) is 5.76 Å². The van der Waals surface area contributed by atoms with Crippen molar-refractivity contribution in [2.45, 2.75) is 45.6 Å². The predicted molar refractivity (Wildman–Crippen MR) is 99.1 cm³/mol. The molecule has 28 heavy (non-hydrogen) atoms. The molecule has 0 aliphatic carbocycles. The second kappa shape index (κ2) is 6.88. The molecule has 0 radical (unpaired) electrons. The van der Waals surface area contributed by atoms with E-state index in [1.54, 1.807) is 6.07 Å². The average molecular weight is 386 g/mol. The van der Waals surface area contributed by atoms with Gasteiger partial charge in [0.2, 0.25) is 5.91 Å². The second-order valence-corrected chi connectivity index (χ2v) is 7.72. The zero-order valence-corrected chi connectivity index (χ0v) is 15.9. The van der Waals surface area contributed by atoms with Crippen LogP contribution in [0.4, 0.5) is 5.69 Å². The van der Waals surface area contributed by atoms with Crippen LogP contribution in [-0.4, -0.2) is 38.5 Å². The number of aryl methyl sites for hydroxylation is 2. The Hall–Kier alpha value is -2.97. The Balaban J connectivity index is 1.50. The summed E-state index contributed by atoms with van der Waals surface area (Å²) in [5.74, 6) is 0.987. The lowest BCUT2D eigenvalue weighted by atomic mass is 9.83. The Morgan fingerprint density at radius 3 is 2.79 bits per heavy atom. The molecule has 148 valence electrons. The van der Waals surface area contributed by atoms with Gasteiger partial charge in [0, 0.05) is 49.3 Å². The number of rotatable bonds is 4. The summed E-state index contributed by atoms with van der Waals surface area (Å²) < 4.78 is 6.69. The molecule has 0 spiro atoms. The Morgan fingerprint density at radius 1 is 1.32 bits per heavy atom. The van der Waals surface area contributed by atoms with E-state index in [-0.39, 0.29) is 17.7 Å². The van der Waals surface area contributed by atoms with Crippen LogP contribution >= 0.6 is 0 Å². The lowest BCUT2D eigenvalue weighted by molar-refractivity contribution is -0.386. The molecule has 9 heteroatoms. The van der Waals surface area contributed by atoms with E-state index in [9.17, 15) is 19.7 Å². The number of pyridine rings is 1. The molecule has 0 aromatic carbocycles. The molecule has 2 aliphatic heterocycles. The fourth-order valence-electron chi connectivity index (χ4n) is 4.53. The monoisotopic (exact) mass is 386 g/mol. The van der Waals surface area contributed by atoms with Crippen molar-refractivity contribution in [2.24, 2.45) is 5.92 Å². The summed E-state index contributed by atoms with van der Waals surface area (Å²) in [7, 11) is 0. The third kappa shape index (κ3) is 3.10. The molecule has 1 fully saturated rings. The van der Waals surface area contributed by atoms with Gasteiger partial charge in [0.25, 0.3) is 0 Å². The topological polar surface area (TPSA) is 111 Å². The van der Waals surface area contributed by atoms with Crippen molar-refractivity contribution >= 4 is 11.6 Å². The van der Waals surface area contributed by atoms with Crippen LogP contribution in [0.5, 0.6) is 0 Å². The zero-order valence-electron chi connectivity index (χ0n) is 15.9. The van der Waals surface area contributed by atoms with Gasteiger partial charge in [-0.3, -0.25) is 19.7 Å². The largest absolute Gasteiger partial charge is 0.361 e. The first kappa shape index (κ1) is 18.4. The van der Waals surface area contributed by atoms with Gasteiger partial charge >= 0.3 is 11.2 Å². The smallest absolute Gasteiger partial charge is 0.334 e. The van der Waals surface area contributed by atoms with Gasteiger partial charge in [-0.25, -0.2) is 0 Å². The maximum atomic E-state index is 12.8. The first-order chi connectivity index (χ1) is 13.3. The highest BCUT2D eigenvalue weighted by Crippen LogP contribution is 2.35. The molecule has 2 aromatic heterocycles. The Morgan fingerprint density at radius 2 is 2.11 bits per heavy atom. The molecule has 0 saturated carbocycles. The highest BCUT2D eigenvalue weighted by atomic mass is 16.6. The van der Waals surface area contributed by atoms with E-state index in [1.165, 1.54) is 10.6 Å². The Bertz CT molecular complexity index is 989. The standard InChI is InChI=1S/C19H22N4O5/c1-11-15(12(2)28-20-11)3-6-18(24)21-8-13-7-14(10-21)16-4-5-17(23(26)27)19(25)22(16)9-13/h4-5,13-14H,3,6-10H2,1-2H3/t13-,14+/m1/s1. The van der Waals surface area contributed by atoms with E-state index in [1.807, 2.05) is 18.7 Å². The molecule has 1 saturated heterocycles. The van der Waals surface area contributed by atoms with Crippen LogP contribution < -0.4 is 5.56 Å². The fraction of sp³-hybridized carbons (Fsp3) is 0.526. The summed E-state index contributed by atoms with van der Waals surface area (Å²) in [5.41, 5.74) is 1.65. The van der Waals surface area contributed by atoms with Gasteiger partial charge in [-0.15, -0.1) is 0 Å². The van der Waals surface area contributed by atoms with Crippen LogP contribution in [0.25, 0.3) is 0 Å². The lowest BCUT2D eigenvalue weighted by Crippen LogP contribution is -2.49. The predicted octanol–water partition coefficient (Wildman–Crippen LogP) is 1.94. The van der Waals surface area contributed by atoms with E-state index >= 15 is 0 Å². The molecule has 1 amide bonds. The molecule has 2 atom stereocenters. The first-order valence-corrected chi connectivity index (χ1v) is 9.42. The minimum Gasteiger partial charge on any atom is -0.361 e. The van der Waals surface area contributed by atoms with Crippen LogP contribution in [0, 0.1) is 29.9 Å². The summed E-state index contributed by atoms with van der Waals surface area (Å²) >= 11 is 0. The summed E-state index contributed by atoms with van der Waals surface area (Å²) in [6, 6.07) is 2.95. The van der Waals surface area contributed by atoms with Gasteiger partial charge in [0.15, 0.2) is 0 Å². The third-order valence-corrected chi connectivity index (χ3v) is 5.90. The van der Waals surface area contributed by atoms with E-state index in [0.717, 1.165) is 29.1 Å². The number of amides is 1. The van der Waals surface area contributed by atoms with Crippen LogP contribution in [0.15, 0.2) is 21.5 Å². The van der Waals surface area contributed by atoms with Crippen molar-refractivity contribution in [1.29, 1.82) is 0 Å². The summed E-state index contributed by atoms with van der Waals surface area (Å²) in [6.45, 7) is 5.24. The zero-order chi connectivity index (χ0) is 20.0. The average Bonchev–Trinajstić information content (AvgIpc) is 2.98. The number of aromatic nitrogens is 2. The maximum Gasteiger partial charge on any atom is 0.334 e. The Labute approximate surface area is 161 Å². The number of hydrogen-bond donors (Lipinski definition) is 0. The van der Waals surface area contributed by atoms with Gasteiger partial charge in [-0.05, 0) is 38.7 Å². The van der Waals surface area contributed by atoms with Gasteiger partial charge < -0.3 is 14.0 Å². The van der Waals surface area contributed by atoms with E-state index in [0.29, 0.717) is 32.5 Å². The summed E-state index contributed by atoms with van der Waals surface area (Å²) in [6.07, 6.45) is 1.87. The number of nitrogens with zero attached hydrogens (tertiary/aromatic N) is 4. The molecule has 2 bridgehead atoms. The van der Waals surface area contributed by atoms with Gasteiger partial charge in [-0.2, -0.15) is 0 Å². The van der Waals surface area contributed by atoms with Crippen molar-refractivity contribution in [2.75, 3.05) is 13.1 Å². The number of likely N-dealkylation sites (tertiary alicyclic amines) is 1. The number of carbonyl (C=O) groups is 1. The SMILES string of the molecule is Cc1noc(C)c1CCC(=O)N1C[C@H]2C[C@@H](C1)c1ccc([N+](=O)[O-])c(=O)n1C2. The quantitative estimate of drug-likeness (QED) is 0.586. The van der Waals surface area contributed by atoms with Crippen molar-refractivity contribution in [3.63, 3.8) is 0 Å². The van der Waals surface area contributed by atoms with Gasteiger partial charge in [0.05, 0.1) is 10.6 Å². The van der Waals surface area contributed by atoms with E-state index < -0.39 is 16.2 Å². The molecule has 0 unspecified atom stereocenters. The van der Waals surface area contributed by atoms with Crippen molar-refractivity contribution in [3.8, 4) is 0 Å². The lowest BCUT2D eigenvalue weighted by Gasteiger charge is -2.42. The summed E-state index contributed by atoms with van der Waals surface area (Å²) in [5, 5.41) is 15.0. The minimum atomic E-state index is -0.634. The van der Waals surface area contributed by atoms with E-state index in [4.69, 9.17) is 4.52 Å². The number of hydrogen-bond acceptors (Lipinski definition) is 6. The molecule has 2 aliphatic rings. The molecule has 4 heterocycles. The first-order valence-electron chi connectivity index (χ1n) is 9.42. The Kier molecular flexibility index (Phi) is 4.52. The van der Waals surface area contributed by atoms with Crippen LogP contribution in [0.1, 0.15) is 41.5 Å². The molecule has 9 nitrogen and oxygen atoms in total. The molecular formula is C19H22N4O5. The summed E-state index contributed by atoms with van der Waals surface area (Å²) in [4.78, 5) is 37.5. The number of nitro groups is 1. The normalized spacial score (nSPS) is 20.7. The number of fused-ring (bicyclic) bond motifs is 4. The van der Waals surface area contributed by atoms with Crippen molar-refractivity contribution in [3.05, 3.63) is 55.3 Å². The number of carbonyl (C=O) groups excluding carboxylic acids is 1.